The minimum absolute atomic E-state index is 0.00576. The molecule has 0 radical (unpaired) electrons. The molecule has 0 saturated carbocycles. The molecule has 2 aromatic carbocycles. The van der Waals surface area contributed by atoms with Crippen LogP contribution in [-0.2, 0) is 27.0 Å². The molecule has 0 aromatic heterocycles. The van der Waals surface area contributed by atoms with E-state index in [2.05, 4.69) is 0 Å². The molecule has 25 heavy (non-hydrogen) atoms. The maximum atomic E-state index is 12.5. The highest BCUT2D eigenvalue weighted by molar-refractivity contribution is 7.88. The second-order valence-electron chi connectivity index (χ2n) is 6.18. The van der Waals surface area contributed by atoms with Crippen LogP contribution in [0.5, 0.6) is 0 Å². The van der Waals surface area contributed by atoms with Crippen LogP contribution in [0.2, 0.25) is 0 Å². The van der Waals surface area contributed by atoms with Gasteiger partial charge < -0.3 is 4.90 Å². The maximum absolute atomic E-state index is 12.5. The van der Waals surface area contributed by atoms with E-state index in [0.29, 0.717) is 32.6 Å². The SMILES string of the molecule is O=C(Cc1ccccc1)N1CCN(S(=O)(=O)Cc2ccccc2)CC1. The number of hydrogen-bond donors (Lipinski definition) is 0. The number of sulfonamides is 1. The third kappa shape index (κ3) is 4.67. The van der Waals surface area contributed by atoms with Crippen LogP contribution in [0.25, 0.3) is 0 Å². The average molecular weight is 358 g/mol. The van der Waals surface area contributed by atoms with E-state index in [0.717, 1.165) is 11.1 Å². The number of rotatable bonds is 5. The van der Waals surface area contributed by atoms with Gasteiger partial charge in [0.15, 0.2) is 0 Å². The Hall–Kier alpha value is -2.18. The molecule has 0 N–H and O–H groups in total. The van der Waals surface area contributed by atoms with Crippen molar-refractivity contribution in [1.29, 1.82) is 0 Å². The number of benzene rings is 2. The highest BCUT2D eigenvalue weighted by Crippen LogP contribution is 2.14. The molecule has 6 heteroatoms. The standard InChI is InChI=1S/C19H22N2O3S/c22-19(15-17-7-3-1-4-8-17)20-11-13-21(14-12-20)25(23,24)16-18-9-5-2-6-10-18/h1-10H,11-16H2. The van der Waals surface area contributed by atoms with Gasteiger partial charge in [0.2, 0.25) is 15.9 Å². The van der Waals surface area contributed by atoms with Crippen LogP contribution in [0, 0.1) is 0 Å². The minimum atomic E-state index is -3.35. The van der Waals surface area contributed by atoms with Crippen molar-refractivity contribution in [3.05, 3.63) is 71.8 Å². The van der Waals surface area contributed by atoms with Crippen LogP contribution in [0.15, 0.2) is 60.7 Å². The fourth-order valence-corrected chi connectivity index (χ4v) is 4.49. The fraction of sp³-hybridized carbons (Fsp3) is 0.316. The Morgan fingerprint density at radius 2 is 1.32 bits per heavy atom. The van der Waals surface area contributed by atoms with Gasteiger partial charge in [-0.05, 0) is 11.1 Å². The van der Waals surface area contributed by atoms with Gasteiger partial charge in [0.1, 0.15) is 0 Å². The average Bonchev–Trinajstić information content (AvgIpc) is 2.63. The molecule has 3 rings (SSSR count). The van der Waals surface area contributed by atoms with Crippen LogP contribution in [0.1, 0.15) is 11.1 Å². The Balaban J connectivity index is 1.55. The molecule has 0 unspecified atom stereocenters. The smallest absolute Gasteiger partial charge is 0.227 e. The van der Waals surface area contributed by atoms with Gasteiger partial charge in [-0.15, -0.1) is 0 Å². The zero-order valence-corrected chi connectivity index (χ0v) is 14.9. The second-order valence-corrected chi connectivity index (χ2v) is 8.15. The summed E-state index contributed by atoms with van der Waals surface area (Å²) >= 11 is 0. The Kier molecular flexibility index (Phi) is 5.50. The highest BCUT2D eigenvalue weighted by atomic mass is 32.2. The summed E-state index contributed by atoms with van der Waals surface area (Å²) in [7, 11) is -3.35. The van der Waals surface area contributed by atoms with Gasteiger partial charge >= 0.3 is 0 Å². The first-order chi connectivity index (χ1) is 12.0. The fourth-order valence-electron chi connectivity index (χ4n) is 2.97. The topological polar surface area (TPSA) is 57.7 Å². The van der Waals surface area contributed by atoms with Gasteiger partial charge in [-0.1, -0.05) is 60.7 Å². The van der Waals surface area contributed by atoms with Crippen LogP contribution >= 0.6 is 0 Å². The lowest BCUT2D eigenvalue weighted by atomic mass is 10.1. The van der Waals surface area contributed by atoms with E-state index in [9.17, 15) is 13.2 Å². The third-order valence-electron chi connectivity index (χ3n) is 4.37. The van der Waals surface area contributed by atoms with Crippen molar-refractivity contribution in [2.24, 2.45) is 0 Å². The summed E-state index contributed by atoms with van der Waals surface area (Å²) in [5, 5.41) is 0. The molecule has 0 spiro atoms. The largest absolute Gasteiger partial charge is 0.340 e. The first kappa shape index (κ1) is 17.6. The number of nitrogens with zero attached hydrogens (tertiary/aromatic N) is 2. The molecule has 1 aliphatic rings. The molecule has 1 saturated heterocycles. The van der Waals surface area contributed by atoms with Crippen molar-refractivity contribution < 1.29 is 13.2 Å². The first-order valence-corrected chi connectivity index (χ1v) is 9.99. The van der Waals surface area contributed by atoms with Crippen molar-refractivity contribution in [1.82, 2.24) is 9.21 Å². The number of piperazine rings is 1. The molecule has 5 nitrogen and oxygen atoms in total. The molecule has 0 bridgehead atoms. The molecule has 1 amide bonds. The molecule has 1 heterocycles. The van der Waals surface area contributed by atoms with Crippen LogP contribution in [0.3, 0.4) is 0 Å². The highest BCUT2D eigenvalue weighted by Gasteiger charge is 2.28. The summed E-state index contributed by atoms with van der Waals surface area (Å²) in [5.41, 5.74) is 1.76. The summed E-state index contributed by atoms with van der Waals surface area (Å²) in [6.07, 6.45) is 0.359. The van der Waals surface area contributed by atoms with E-state index in [-0.39, 0.29) is 11.7 Å². The van der Waals surface area contributed by atoms with Gasteiger partial charge in [-0.3, -0.25) is 4.79 Å². The Bertz CT molecular complexity index is 799. The summed E-state index contributed by atoms with van der Waals surface area (Å²) in [5.74, 6) is 0.0533. The van der Waals surface area contributed by atoms with E-state index in [1.54, 1.807) is 4.90 Å². The van der Waals surface area contributed by atoms with Crippen LogP contribution in [0.4, 0.5) is 0 Å². The predicted octanol–water partition coefficient (Wildman–Crippen LogP) is 1.90. The summed E-state index contributed by atoms with van der Waals surface area (Å²) in [6.45, 7) is 1.60. The van der Waals surface area contributed by atoms with Gasteiger partial charge in [0.25, 0.3) is 0 Å². The van der Waals surface area contributed by atoms with E-state index in [4.69, 9.17) is 0 Å². The van der Waals surface area contributed by atoms with E-state index in [1.807, 2.05) is 60.7 Å². The quantitative estimate of drug-likeness (QED) is 0.820. The molecule has 132 valence electrons. The van der Waals surface area contributed by atoms with Crippen molar-refractivity contribution in [2.75, 3.05) is 26.2 Å². The summed E-state index contributed by atoms with van der Waals surface area (Å²) in [6, 6.07) is 18.8. The maximum Gasteiger partial charge on any atom is 0.227 e. The molecule has 0 atom stereocenters. The number of amides is 1. The Morgan fingerprint density at radius 3 is 1.88 bits per heavy atom. The van der Waals surface area contributed by atoms with E-state index >= 15 is 0 Å². The number of carbonyl (C=O) groups excluding carboxylic acids is 1. The van der Waals surface area contributed by atoms with Crippen molar-refractivity contribution in [3.63, 3.8) is 0 Å². The van der Waals surface area contributed by atoms with Crippen molar-refractivity contribution in [3.8, 4) is 0 Å². The van der Waals surface area contributed by atoms with E-state index in [1.165, 1.54) is 4.31 Å². The van der Waals surface area contributed by atoms with Gasteiger partial charge in [0.05, 0.1) is 12.2 Å². The molecular weight excluding hydrogens is 336 g/mol. The van der Waals surface area contributed by atoms with Crippen LogP contribution in [-0.4, -0.2) is 49.7 Å². The zero-order valence-electron chi connectivity index (χ0n) is 14.0. The van der Waals surface area contributed by atoms with E-state index < -0.39 is 10.0 Å². The van der Waals surface area contributed by atoms with Crippen molar-refractivity contribution >= 4 is 15.9 Å². The lowest BCUT2D eigenvalue weighted by molar-refractivity contribution is -0.131. The molecule has 2 aromatic rings. The number of hydrogen-bond acceptors (Lipinski definition) is 3. The lowest BCUT2D eigenvalue weighted by Gasteiger charge is -2.34. The van der Waals surface area contributed by atoms with Gasteiger partial charge in [-0.2, -0.15) is 4.31 Å². The molecular formula is C19H22N2O3S. The Morgan fingerprint density at radius 1 is 0.800 bits per heavy atom. The third-order valence-corrected chi connectivity index (χ3v) is 6.22. The normalized spacial score (nSPS) is 15.9. The van der Waals surface area contributed by atoms with Crippen LogP contribution < -0.4 is 0 Å². The minimum Gasteiger partial charge on any atom is -0.340 e. The molecule has 1 fully saturated rings. The summed E-state index contributed by atoms with van der Waals surface area (Å²) < 4.78 is 26.6. The lowest BCUT2D eigenvalue weighted by Crippen LogP contribution is -2.51. The van der Waals surface area contributed by atoms with Gasteiger partial charge in [-0.25, -0.2) is 8.42 Å². The zero-order chi connectivity index (χ0) is 17.7. The number of carbonyl (C=O) groups is 1. The first-order valence-electron chi connectivity index (χ1n) is 8.38. The second kappa shape index (κ2) is 7.80. The monoisotopic (exact) mass is 358 g/mol. The molecule has 0 aliphatic carbocycles. The predicted molar refractivity (Wildman–Crippen MR) is 97.4 cm³/mol. The van der Waals surface area contributed by atoms with Crippen molar-refractivity contribution in [2.45, 2.75) is 12.2 Å². The Labute approximate surface area is 148 Å². The van der Waals surface area contributed by atoms with Gasteiger partial charge in [0, 0.05) is 26.2 Å². The molecule has 1 aliphatic heterocycles. The summed E-state index contributed by atoms with van der Waals surface area (Å²) in [4.78, 5) is 14.1.